The molecule has 0 fully saturated rings. The van der Waals surface area contributed by atoms with E-state index in [9.17, 15) is 4.80 Å². The molecule has 1 nitrogen and oxygen atoms in total. The van der Waals surface area contributed by atoms with Crippen molar-refractivity contribution in [2.45, 2.75) is 58.2 Å². The van der Waals surface area contributed by atoms with Gasteiger partial charge in [-0.25, -0.2) is 0 Å². The molecule has 11 heavy (non-hydrogen) atoms. The summed E-state index contributed by atoms with van der Waals surface area (Å²) in [4.78, 5) is 9.92. The molecule has 0 spiro atoms. The SMILES string of the molecule is CCCC[Si](C)(O)CCCC. The zero-order valence-electron chi connectivity index (χ0n) is 8.19. The van der Waals surface area contributed by atoms with Gasteiger partial charge >= 0.3 is 0 Å². The molecule has 0 rings (SSSR count). The summed E-state index contributed by atoms with van der Waals surface area (Å²) in [6.07, 6.45) is 4.86. The van der Waals surface area contributed by atoms with Crippen LogP contribution < -0.4 is 0 Å². The highest BCUT2D eigenvalue weighted by Gasteiger charge is 2.21. The van der Waals surface area contributed by atoms with E-state index in [1.165, 1.54) is 25.7 Å². The van der Waals surface area contributed by atoms with Crippen molar-refractivity contribution in [2.75, 3.05) is 0 Å². The highest BCUT2D eigenvalue weighted by molar-refractivity contribution is 6.71. The molecule has 0 atom stereocenters. The summed E-state index contributed by atoms with van der Waals surface area (Å²) in [7, 11) is -1.75. The van der Waals surface area contributed by atoms with Crippen LogP contribution in [0.4, 0.5) is 0 Å². The summed E-state index contributed by atoms with van der Waals surface area (Å²) in [6, 6.07) is 2.20. The Labute approximate surface area is 72.0 Å². The van der Waals surface area contributed by atoms with Crippen LogP contribution in [0.25, 0.3) is 0 Å². The van der Waals surface area contributed by atoms with Gasteiger partial charge in [0.05, 0.1) is 0 Å². The summed E-state index contributed by atoms with van der Waals surface area (Å²) < 4.78 is 0. The number of unbranched alkanes of at least 4 members (excludes halogenated alkanes) is 2. The highest BCUT2D eigenvalue weighted by atomic mass is 28.4. The zero-order chi connectivity index (χ0) is 8.74. The molecule has 0 saturated heterocycles. The molecule has 0 unspecified atom stereocenters. The predicted molar refractivity (Wildman–Crippen MR) is 53.3 cm³/mol. The minimum atomic E-state index is -1.75. The average molecular weight is 174 g/mol. The Morgan fingerprint density at radius 3 is 1.64 bits per heavy atom. The van der Waals surface area contributed by atoms with Crippen molar-refractivity contribution >= 4 is 8.32 Å². The minimum Gasteiger partial charge on any atom is -0.432 e. The van der Waals surface area contributed by atoms with Gasteiger partial charge in [0.25, 0.3) is 0 Å². The molecular weight excluding hydrogens is 152 g/mol. The quantitative estimate of drug-likeness (QED) is 0.613. The molecule has 0 aromatic rings. The van der Waals surface area contributed by atoms with Gasteiger partial charge in [-0.15, -0.1) is 0 Å². The van der Waals surface area contributed by atoms with Gasteiger partial charge in [-0.2, -0.15) is 0 Å². The molecule has 0 radical (unpaired) electrons. The largest absolute Gasteiger partial charge is 0.432 e. The first kappa shape index (κ1) is 11.2. The first-order chi connectivity index (χ1) is 5.12. The molecule has 0 aliphatic rings. The maximum Gasteiger partial charge on any atom is 0.185 e. The van der Waals surface area contributed by atoms with Crippen LogP contribution in [-0.4, -0.2) is 13.1 Å². The Morgan fingerprint density at radius 2 is 1.36 bits per heavy atom. The van der Waals surface area contributed by atoms with Crippen LogP contribution in [0.3, 0.4) is 0 Å². The van der Waals surface area contributed by atoms with Crippen molar-refractivity contribution in [3.63, 3.8) is 0 Å². The van der Waals surface area contributed by atoms with E-state index in [-0.39, 0.29) is 0 Å². The maximum atomic E-state index is 9.92. The predicted octanol–water partition coefficient (Wildman–Crippen LogP) is 3.15. The Bertz CT molecular complexity index is 81.6. The maximum absolute atomic E-state index is 9.92. The van der Waals surface area contributed by atoms with Gasteiger partial charge in [-0.1, -0.05) is 39.5 Å². The van der Waals surface area contributed by atoms with Gasteiger partial charge in [0.15, 0.2) is 8.32 Å². The van der Waals surface area contributed by atoms with Crippen LogP contribution >= 0.6 is 0 Å². The van der Waals surface area contributed by atoms with Crippen molar-refractivity contribution in [3.8, 4) is 0 Å². The first-order valence-corrected chi connectivity index (χ1v) is 7.71. The van der Waals surface area contributed by atoms with Gasteiger partial charge in [-0.3, -0.25) is 0 Å². The van der Waals surface area contributed by atoms with Crippen LogP contribution in [0.5, 0.6) is 0 Å². The van der Waals surface area contributed by atoms with E-state index in [1.807, 2.05) is 0 Å². The summed E-state index contributed by atoms with van der Waals surface area (Å²) in [5.74, 6) is 0. The number of hydrogen-bond donors (Lipinski definition) is 1. The molecule has 0 aromatic carbocycles. The third kappa shape index (κ3) is 6.57. The van der Waals surface area contributed by atoms with Gasteiger partial charge in [0, 0.05) is 0 Å². The fourth-order valence-corrected chi connectivity index (χ4v) is 3.72. The van der Waals surface area contributed by atoms with Gasteiger partial charge < -0.3 is 4.80 Å². The molecule has 0 aliphatic heterocycles. The fourth-order valence-electron chi connectivity index (χ4n) is 1.24. The second kappa shape index (κ2) is 5.78. The van der Waals surface area contributed by atoms with Crippen molar-refractivity contribution in [3.05, 3.63) is 0 Å². The Hall–Kier alpha value is 0.177. The molecule has 0 amide bonds. The summed E-state index contributed by atoms with van der Waals surface area (Å²) >= 11 is 0. The molecule has 0 saturated carbocycles. The van der Waals surface area contributed by atoms with Crippen LogP contribution in [0.1, 0.15) is 39.5 Å². The molecular formula is C9H22OSi. The van der Waals surface area contributed by atoms with E-state index in [2.05, 4.69) is 20.4 Å². The fraction of sp³-hybridized carbons (Fsp3) is 1.00. The van der Waals surface area contributed by atoms with Crippen molar-refractivity contribution in [1.29, 1.82) is 0 Å². The van der Waals surface area contributed by atoms with Gasteiger partial charge in [0.2, 0.25) is 0 Å². The van der Waals surface area contributed by atoms with E-state index in [1.54, 1.807) is 0 Å². The zero-order valence-corrected chi connectivity index (χ0v) is 9.19. The van der Waals surface area contributed by atoms with Gasteiger partial charge in [-0.05, 0) is 18.6 Å². The topological polar surface area (TPSA) is 20.2 Å². The average Bonchev–Trinajstić information content (AvgIpc) is 1.97. The van der Waals surface area contributed by atoms with E-state index >= 15 is 0 Å². The standard InChI is InChI=1S/C9H22OSi/c1-4-6-8-11(3,10)9-7-5-2/h10H,4-9H2,1-3H3. The van der Waals surface area contributed by atoms with Crippen molar-refractivity contribution in [2.24, 2.45) is 0 Å². The molecule has 1 N–H and O–H groups in total. The van der Waals surface area contributed by atoms with Crippen LogP contribution in [0.2, 0.25) is 18.6 Å². The number of hydrogen-bond acceptors (Lipinski definition) is 1. The third-order valence-electron chi connectivity index (χ3n) is 2.14. The van der Waals surface area contributed by atoms with Crippen LogP contribution in [-0.2, 0) is 0 Å². The smallest absolute Gasteiger partial charge is 0.185 e. The summed E-state index contributed by atoms with van der Waals surface area (Å²) in [5.41, 5.74) is 0. The van der Waals surface area contributed by atoms with E-state index < -0.39 is 8.32 Å². The van der Waals surface area contributed by atoms with Gasteiger partial charge in [0.1, 0.15) is 0 Å². The normalized spacial score (nSPS) is 12.0. The second-order valence-electron chi connectivity index (χ2n) is 3.70. The molecule has 68 valence electrons. The summed E-state index contributed by atoms with van der Waals surface area (Å²) in [5, 5.41) is 0. The second-order valence-corrected chi connectivity index (χ2v) is 7.70. The van der Waals surface area contributed by atoms with Crippen LogP contribution in [0, 0.1) is 0 Å². The first-order valence-electron chi connectivity index (χ1n) is 4.84. The lowest BCUT2D eigenvalue weighted by Crippen LogP contribution is -2.29. The highest BCUT2D eigenvalue weighted by Crippen LogP contribution is 2.18. The molecule has 0 aromatic heterocycles. The molecule has 0 aliphatic carbocycles. The lowest BCUT2D eigenvalue weighted by molar-refractivity contribution is 0.525. The molecule has 0 bridgehead atoms. The summed E-state index contributed by atoms with van der Waals surface area (Å²) in [6.45, 7) is 6.47. The number of rotatable bonds is 6. The Kier molecular flexibility index (Phi) is 5.87. The van der Waals surface area contributed by atoms with E-state index in [0.717, 1.165) is 12.1 Å². The molecule has 0 heterocycles. The van der Waals surface area contributed by atoms with E-state index in [4.69, 9.17) is 0 Å². The van der Waals surface area contributed by atoms with Crippen molar-refractivity contribution < 1.29 is 4.80 Å². The van der Waals surface area contributed by atoms with Crippen LogP contribution in [0.15, 0.2) is 0 Å². The minimum absolute atomic E-state index is 1.10. The van der Waals surface area contributed by atoms with Crippen molar-refractivity contribution in [1.82, 2.24) is 0 Å². The Balaban J connectivity index is 3.43. The monoisotopic (exact) mass is 174 g/mol. The molecule has 2 heteroatoms. The van der Waals surface area contributed by atoms with E-state index in [0.29, 0.717) is 0 Å². The lowest BCUT2D eigenvalue weighted by atomic mass is 10.4. The Morgan fingerprint density at radius 1 is 1.00 bits per heavy atom. The lowest BCUT2D eigenvalue weighted by Gasteiger charge is -2.19. The third-order valence-corrected chi connectivity index (χ3v) is 5.00.